The molecule has 2 aromatic rings. The van der Waals surface area contributed by atoms with E-state index >= 15 is 0 Å². The van der Waals surface area contributed by atoms with E-state index in [9.17, 15) is 0 Å². The Kier molecular flexibility index (Phi) is 3.15. The maximum Gasteiger partial charge on any atom is 0.222 e. The molecule has 0 saturated carbocycles. The molecule has 2 aromatic heterocycles. The van der Waals surface area contributed by atoms with Crippen molar-refractivity contribution in [2.24, 2.45) is 0 Å². The molecule has 0 aliphatic heterocycles. The first-order valence-electron chi connectivity index (χ1n) is 5.38. The molecule has 17 heavy (non-hydrogen) atoms. The highest BCUT2D eigenvalue weighted by atomic mass is 79.9. The minimum absolute atomic E-state index is 0.244. The molecule has 0 unspecified atom stereocenters. The number of nitrogens with two attached hydrogens (primary N) is 1. The van der Waals surface area contributed by atoms with Crippen LogP contribution >= 0.6 is 15.9 Å². The zero-order valence-electron chi connectivity index (χ0n) is 10.0. The summed E-state index contributed by atoms with van der Waals surface area (Å²) in [4.78, 5) is 8.14. The lowest BCUT2D eigenvalue weighted by molar-refractivity contribution is 0.797. The topological polar surface area (TPSA) is 69.6 Å². The lowest BCUT2D eigenvalue weighted by Crippen LogP contribution is -2.06. The highest BCUT2D eigenvalue weighted by Crippen LogP contribution is 2.22. The summed E-state index contributed by atoms with van der Waals surface area (Å²) in [6.07, 6.45) is 2.59. The second-order valence-electron chi connectivity index (χ2n) is 3.81. The van der Waals surface area contributed by atoms with Crippen molar-refractivity contribution in [1.29, 1.82) is 0 Å². The SMILES string of the molecule is CCc1c(C)nn(-c2nc(N)ncc2Br)c1C. The van der Waals surface area contributed by atoms with Gasteiger partial charge in [-0.3, -0.25) is 0 Å². The fraction of sp³-hybridized carbons (Fsp3) is 0.364. The summed E-state index contributed by atoms with van der Waals surface area (Å²) in [5.41, 5.74) is 8.96. The van der Waals surface area contributed by atoms with Crippen LogP contribution < -0.4 is 5.73 Å². The predicted octanol–water partition coefficient (Wildman–Crippen LogP) is 2.19. The summed E-state index contributed by atoms with van der Waals surface area (Å²) in [6, 6.07) is 0. The van der Waals surface area contributed by atoms with Crippen LogP contribution in [0.1, 0.15) is 23.9 Å². The van der Waals surface area contributed by atoms with Crippen LogP contribution in [-0.4, -0.2) is 19.7 Å². The van der Waals surface area contributed by atoms with Gasteiger partial charge in [-0.15, -0.1) is 0 Å². The molecule has 0 bridgehead atoms. The first-order valence-corrected chi connectivity index (χ1v) is 6.17. The van der Waals surface area contributed by atoms with E-state index < -0.39 is 0 Å². The fourth-order valence-corrected chi connectivity index (χ4v) is 2.27. The number of nitrogens with zero attached hydrogens (tertiary/aromatic N) is 4. The standard InChI is InChI=1S/C11H14BrN5/c1-4-8-6(2)16-17(7(8)3)10-9(12)5-14-11(13)15-10/h5H,4H2,1-3H3,(H2,13,14,15). The molecule has 6 heteroatoms. The Morgan fingerprint density at radius 3 is 2.71 bits per heavy atom. The molecule has 0 amide bonds. The van der Waals surface area contributed by atoms with Crippen molar-refractivity contribution in [2.75, 3.05) is 5.73 Å². The van der Waals surface area contributed by atoms with Crippen LogP contribution in [0.5, 0.6) is 0 Å². The second-order valence-corrected chi connectivity index (χ2v) is 4.67. The van der Waals surface area contributed by atoms with Gasteiger partial charge in [0, 0.05) is 11.9 Å². The van der Waals surface area contributed by atoms with Crippen molar-refractivity contribution in [3.63, 3.8) is 0 Å². The van der Waals surface area contributed by atoms with E-state index in [1.54, 1.807) is 10.9 Å². The van der Waals surface area contributed by atoms with Crippen molar-refractivity contribution >= 4 is 21.9 Å². The molecule has 90 valence electrons. The molecule has 2 N–H and O–H groups in total. The molecule has 5 nitrogen and oxygen atoms in total. The van der Waals surface area contributed by atoms with Gasteiger partial charge in [0.2, 0.25) is 5.95 Å². The zero-order valence-corrected chi connectivity index (χ0v) is 11.6. The molecule has 0 aliphatic rings. The minimum atomic E-state index is 0.244. The molecule has 0 radical (unpaired) electrons. The summed E-state index contributed by atoms with van der Waals surface area (Å²) in [5.74, 6) is 0.923. The summed E-state index contributed by atoms with van der Waals surface area (Å²) in [5, 5.41) is 4.49. The average molecular weight is 296 g/mol. The average Bonchev–Trinajstić information content (AvgIpc) is 2.57. The van der Waals surface area contributed by atoms with E-state index in [2.05, 4.69) is 37.9 Å². The van der Waals surface area contributed by atoms with Crippen LogP contribution in [0.4, 0.5) is 5.95 Å². The van der Waals surface area contributed by atoms with Crippen LogP contribution in [0.3, 0.4) is 0 Å². The van der Waals surface area contributed by atoms with Crippen molar-refractivity contribution in [3.8, 4) is 5.82 Å². The van der Waals surface area contributed by atoms with Gasteiger partial charge in [0.25, 0.3) is 0 Å². The van der Waals surface area contributed by atoms with Crippen LogP contribution in [0.15, 0.2) is 10.7 Å². The Bertz CT molecular complexity index is 561. The lowest BCUT2D eigenvalue weighted by atomic mass is 10.1. The van der Waals surface area contributed by atoms with E-state index in [-0.39, 0.29) is 5.95 Å². The number of hydrogen-bond acceptors (Lipinski definition) is 4. The first-order chi connectivity index (χ1) is 8.04. The second kappa shape index (κ2) is 4.44. The smallest absolute Gasteiger partial charge is 0.222 e. The maximum atomic E-state index is 5.61. The van der Waals surface area contributed by atoms with Gasteiger partial charge in [-0.25, -0.2) is 9.67 Å². The summed E-state index contributed by atoms with van der Waals surface area (Å²) < 4.78 is 2.58. The van der Waals surface area contributed by atoms with E-state index in [1.807, 2.05) is 13.8 Å². The van der Waals surface area contributed by atoms with Crippen molar-refractivity contribution in [1.82, 2.24) is 19.7 Å². The van der Waals surface area contributed by atoms with E-state index in [0.29, 0.717) is 5.82 Å². The van der Waals surface area contributed by atoms with Gasteiger partial charge in [0.05, 0.1) is 10.2 Å². The molecule has 0 fully saturated rings. The number of hydrogen-bond donors (Lipinski definition) is 1. The summed E-state index contributed by atoms with van der Waals surface area (Å²) in [7, 11) is 0. The Balaban J connectivity index is 2.64. The Hall–Kier alpha value is -1.43. The third-order valence-electron chi connectivity index (χ3n) is 2.74. The van der Waals surface area contributed by atoms with Crippen LogP contribution in [0, 0.1) is 13.8 Å². The van der Waals surface area contributed by atoms with E-state index in [0.717, 1.165) is 22.3 Å². The van der Waals surface area contributed by atoms with Gasteiger partial charge in [-0.05, 0) is 41.8 Å². The third-order valence-corrected chi connectivity index (χ3v) is 3.30. The quantitative estimate of drug-likeness (QED) is 0.922. The van der Waals surface area contributed by atoms with E-state index in [1.165, 1.54) is 5.56 Å². The molecule has 0 aromatic carbocycles. The largest absolute Gasteiger partial charge is 0.368 e. The molecule has 0 atom stereocenters. The van der Waals surface area contributed by atoms with Crippen LogP contribution in [0.2, 0.25) is 0 Å². The molecule has 0 aliphatic carbocycles. The van der Waals surface area contributed by atoms with Crippen LogP contribution in [-0.2, 0) is 6.42 Å². The van der Waals surface area contributed by atoms with Crippen molar-refractivity contribution in [2.45, 2.75) is 27.2 Å². The Morgan fingerprint density at radius 1 is 1.41 bits per heavy atom. The van der Waals surface area contributed by atoms with Crippen molar-refractivity contribution < 1.29 is 0 Å². The number of rotatable bonds is 2. The number of nitrogen functional groups attached to an aromatic ring is 1. The number of aromatic nitrogens is 4. The Morgan fingerprint density at radius 2 is 2.12 bits per heavy atom. The maximum absolute atomic E-state index is 5.61. The van der Waals surface area contributed by atoms with Gasteiger partial charge in [0.15, 0.2) is 5.82 Å². The van der Waals surface area contributed by atoms with Gasteiger partial charge in [-0.1, -0.05) is 6.92 Å². The molecule has 2 heterocycles. The van der Waals surface area contributed by atoms with Crippen molar-refractivity contribution in [3.05, 3.63) is 27.6 Å². The normalized spacial score (nSPS) is 10.8. The highest BCUT2D eigenvalue weighted by molar-refractivity contribution is 9.10. The molecular formula is C11H14BrN5. The summed E-state index contributed by atoms with van der Waals surface area (Å²) in [6.45, 7) is 6.15. The van der Waals surface area contributed by atoms with Crippen LogP contribution in [0.25, 0.3) is 5.82 Å². The third kappa shape index (κ3) is 2.04. The monoisotopic (exact) mass is 295 g/mol. The summed E-state index contributed by atoms with van der Waals surface area (Å²) >= 11 is 3.42. The molecule has 0 saturated heterocycles. The lowest BCUT2D eigenvalue weighted by Gasteiger charge is -2.06. The fourth-order valence-electron chi connectivity index (χ4n) is 1.91. The van der Waals surface area contributed by atoms with E-state index in [4.69, 9.17) is 5.73 Å². The number of aryl methyl sites for hydroxylation is 1. The zero-order chi connectivity index (χ0) is 12.6. The van der Waals surface area contributed by atoms with Gasteiger partial charge in [0.1, 0.15) is 0 Å². The first kappa shape index (κ1) is 12.0. The van der Waals surface area contributed by atoms with Gasteiger partial charge in [-0.2, -0.15) is 10.1 Å². The molecular weight excluding hydrogens is 282 g/mol. The van der Waals surface area contributed by atoms with Gasteiger partial charge < -0.3 is 5.73 Å². The highest BCUT2D eigenvalue weighted by Gasteiger charge is 2.14. The van der Waals surface area contributed by atoms with Gasteiger partial charge >= 0.3 is 0 Å². The number of halogens is 1. The molecule has 2 rings (SSSR count). The molecule has 0 spiro atoms. The minimum Gasteiger partial charge on any atom is -0.368 e. The number of anilines is 1. The predicted molar refractivity (Wildman–Crippen MR) is 70.1 cm³/mol. The Labute approximate surface area is 108 Å².